The van der Waals surface area contributed by atoms with E-state index < -0.39 is 0 Å². The van der Waals surface area contributed by atoms with Crippen LogP contribution in [0.1, 0.15) is 17.3 Å². The summed E-state index contributed by atoms with van der Waals surface area (Å²) in [5, 5.41) is 0. The van der Waals surface area contributed by atoms with Crippen LogP contribution < -0.4 is 0 Å². The van der Waals surface area contributed by atoms with E-state index in [2.05, 4.69) is 4.98 Å². The smallest absolute Gasteiger partial charge is 0.187 e. The zero-order valence-electron chi connectivity index (χ0n) is 6.32. The topological polar surface area (TPSA) is 30.0 Å². The second-order valence-corrected chi connectivity index (χ2v) is 2.11. The summed E-state index contributed by atoms with van der Waals surface area (Å²) in [5.41, 5.74) is 0.630. The van der Waals surface area contributed by atoms with E-state index in [9.17, 15) is 4.79 Å². The van der Waals surface area contributed by atoms with Crippen LogP contribution in [0.3, 0.4) is 0 Å². The number of rotatable bonds is 2. The van der Waals surface area contributed by atoms with Crippen LogP contribution in [0.4, 0.5) is 0 Å². The van der Waals surface area contributed by atoms with Crippen molar-refractivity contribution in [2.75, 3.05) is 0 Å². The molecule has 1 aromatic rings. The van der Waals surface area contributed by atoms with Gasteiger partial charge in [0.15, 0.2) is 5.78 Å². The van der Waals surface area contributed by atoms with Crippen molar-refractivity contribution in [3.05, 3.63) is 42.2 Å². The predicted octanol–water partition coefficient (Wildman–Crippen LogP) is 1.84. The number of allylic oxidation sites excluding steroid dienone is 2. The summed E-state index contributed by atoms with van der Waals surface area (Å²) in [5.74, 6) is 0.000556. The van der Waals surface area contributed by atoms with Crippen LogP contribution in [0, 0.1) is 0 Å². The Bertz CT molecular complexity index is 264. The van der Waals surface area contributed by atoms with Crippen LogP contribution >= 0.6 is 0 Å². The van der Waals surface area contributed by atoms with E-state index >= 15 is 0 Å². The molecule has 11 heavy (non-hydrogen) atoms. The van der Waals surface area contributed by atoms with Gasteiger partial charge in [-0.2, -0.15) is 0 Å². The lowest BCUT2D eigenvalue weighted by Gasteiger charge is -1.90. The Balaban J connectivity index is 2.86. The Morgan fingerprint density at radius 3 is 3.00 bits per heavy atom. The van der Waals surface area contributed by atoms with Crippen LogP contribution in [-0.4, -0.2) is 10.8 Å². The van der Waals surface area contributed by atoms with Gasteiger partial charge in [0.2, 0.25) is 0 Å². The monoisotopic (exact) mass is 147 g/mol. The Kier molecular flexibility index (Phi) is 2.55. The van der Waals surface area contributed by atoms with Crippen molar-refractivity contribution < 1.29 is 4.79 Å². The maximum Gasteiger partial charge on any atom is 0.187 e. The average Bonchev–Trinajstić information content (AvgIpc) is 2.07. The van der Waals surface area contributed by atoms with E-state index in [-0.39, 0.29) is 5.78 Å². The highest BCUT2D eigenvalue weighted by atomic mass is 16.1. The fourth-order valence-corrected chi connectivity index (χ4v) is 0.756. The van der Waals surface area contributed by atoms with E-state index in [1.165, 1.54) is 6.08 Å². The van der Waals surface area contributed by atoms with Crippen molar-refractivity contribution in [1.82, 2.24) is 4.98 Å². The minimum atomic E-state index is 0.000556. The van der Waals surface area contributed by atoms with E-state index in [1.807, 2.05) is 6.92 Å². The number of carbonyl (C=O) groups is 1. The van der Waals surface area contributed by atoms with Crippen molar-refractivity contribution in [3.63, 3.8) is 0 Å². The van der Waals surface area contributed by atoms with Crippen molar-refractivity contribution in [3.8, 4) is 0 Å². The highest BCUT2D eigenvalue weighted by molar-refractivity contribution is 6.04. The highest BCUT2D eigenvalue weighted by Gasteiger charge is 1.97. The van der Waals surface area contributed by atoms with Gasteiger partial charge in [0.05, 0.1) is 0 Å². The van der Waals surface area contributed by atoms with Crippen LogP contribution in [-0.2, 0) is 0 Å². The lowest BCUT2D eigenvalue weighted by molar-refractivity contribution is 0.104. The summed E-state index contributed by atoms with van der Waals surface area (Å²) in [4.78, 5) is 15.0. The van der Waals surface area contributed by atoms with Crippen LogP contribution in [0.15, 0.2) is 36.7 Å². The molecule has 0 aliphatic carbocycles. The van der Waals surface area contributed by atoms with Crippen LogP contribution in [0.5, 0.6) is 0 Å². The summed E-state index contributed by atoms with van der Waals surface area (Å²) in [6.45, 7) is 1.81. The molecule has 0 unspecified atom stereocenters. The first-order chi connectivity index (χ1) is 5.34. The predicted molar refractivity (Wildman–Crippen MR) is 43.4 cm³/mol. The fraction of sp³-hybridized carbons (Fsp3) is 0.111. The molecule has 0 saturated carbocycles. The third-order valence-electron chi connectivity index (χ3n) is 1.26. The second-order valence-electron chi connectivity index (χ2n) is 2.11. The van der Waals surface area contributed by atoms with Gasteiger partial charge >= 0.3 is 0 Å². The lowest BCUT2D eigenvalue weighted by Crippen LogP contribution is -1.93. The molecule has 56 valence electrons. The van der Waals surface area contributed by atoms with Gasteiger partial charge in [0, 0.05) is 18.0 Å². The second kappa shape index (κ2) is 3.66. The first kappa shape index (κ1) is 7.66. The van der Waals surface area contributed by atoms with E-state index in [1.54, 1.807) is 30.6 Å². The minimum Gasteiger partial charge on any atom is -0.289 e. The molecular weight excluding hydrogens is 138 g/mol. The quantitative estimate of drug-likeness (QED) is 0.472. The molecule has 0 amide bonds. The fourth-order valence-electron chi connectivity index (χ4n) is 0.756. The summed E-state index contributed by atoms with van der Waals surface area (Å²) < 4.78 is 0. The van der Waals surface area contributed by atoms with Gasteiger partial charge in [-0.05, 0) is 25.1 Å². The summed E-state index contributed by atoms with van der Waals surface area (Å²) in [7, 11) is 0. The largest absolute Gasteiger partial charge is 0.289 e. The van der Waals surface area contributed by atoms with Gasteiger partial charge in [-0.25, -0.2) is 0 Å². The van der Waals surface area contributed by atoms with Crippen LogP contribution in [0.2, 0.25) is 0 Å². The molecule has 1 heterocycles. The Morgan fingerprint density at radius 2 is 2.45 bits per heavy atom. The summed E-state index contributed by atoms with van der Waals surface area (Å²) in [6, 6.07) is 3.49. The molecule has 0 saturated heterocycles. The van der Waals surface area contributed by atoms with Crippen LogP contribution in [0.25, 0.3) is 0 Å². The highest BCUT2D eigenvalue weighted by Crippen LogP contribution is 1.97. The molecule has 0 aliphatic heterocycles. The number of ketones is 1. The number of pyridine rings is 1. The van der Waals surface area contributed by atoms with E-state index in [4.69, 9.17) is 0 Å². The molecule has 0 aromatic carbocycles. The van der Waals surface area contributed by atoms with Gasteiger partial charge in [0.1, 0.15) is 0 Å². The van der Waals surface area contributed by atoms with Gasteiger partial charge in [-0.3, -0.25) is 9.78 Å². The first-order valence-electron chi connectivity index (χ1n) is 3.41. The molecule has 0 aliphatic rings. The Morgan fingerprint density at radius 1 is 1.64 bits per heavy atom. The molecule has 0 atom stereocenters. The van der Waals surface area contributed by atoms with Crippen molar-refractivity contribution in [2.24, 2.45) is 0 Å². The number of aromatic nitrogens is 1. The number of carbonyl (C=O) groups excluding carboxylic acids is 1. The minimum absolute atomic E-state index is 0.000556. The Hall–Kier alpha value is -1.44. The third kappa shape index (κ3) is 2.00. The number of nitrogens with zero attached hydrogens (tertiary/aromatic N) is 1. The van der Waals surface area contributed by atoms with Gasteiger partial charge in [-0.1, -0.05) is 6.08 Å². The van der Waals surface area contributed by atoms with Gasteiger partial charge < -0.3 is 0 Å². The van der Waals surface area contributed by atoms with Crippen molar-refractivity contribution in [2.45, 2.75) is 6.92 Å². The molecule has 0 spiro atoms. The van der Waals surface area contributed by atoms with Crippen molar-refractivity contribution >= 4 is 5.78 Å². The average molecular weight is 147 g/mol. The zero-order chi connectivity index (χ0) is 8.10. The SMILES string of the molecule is C/C=C/C(=O)c1cccnc1. The molecule has 2 nitrogen and oxygen atoms in total. The summed E-state index contributed by atoms with van der Waals surface area (Å²) in [6.07, 6.45) is 6.45. The molecule has 1 rings (SSSR count). The molecular formula is C9H9NO. The third-order valence-corrected chi connectivity index (χ3v) is 1.26. The van der Waals surface area contributed by atoms with Crippen molar-refractivity contribution in [1.29, 1.82) is 0 Å². The maximum atomic E-state index is 11.1. The standard InChI is InChI=1S/C9H9NO/c1-2-4-9(11)8-5-3-6-10-7-8/h2-7H,1H3/b4-2+. The first-order valence-corrected chi connectivity index (χ1v) is 3.41. The molecule has 0 fully saturated rings. The summed E-state index contributed by atoms with van der Waals surface area (Å²) >= 11 is 0. The van der Waals surface area contributed by atoms with Gasteiger partial charge in [-0.15, -0.1) is 0 Å². The molecule has 0 N–H and O–H groups in total. The molecule has 1 aromatic heterocycles. The normalized spacial score (nSPS) is 10.3. The van der Waals surface area contributed by atoms with E-state index in [0.717, 1.165) is 0 Å². The molecule has 0 radical (unpaired) electrons. The number of hydrogen-bond acceptors (Lipinski definition) is 2. The number of hydrogen-bond donors (Lipinski definition) is 0. The Labute approximate surface area is 65.6 Å². The van der Waals surface area contributed by atoms with Gasteiger partial charge in [0.25, 0.3) is 0 Å². The maximum absolute atomic E-state index is 11.1. The zero-order valence-corrected chi connectivity index (χ0v) is 6.32. The molecule has 2 heteroatoms. The lowest BCUT2D eigenvalue weighted by atomic mass is 10.2. The molecule has 0 bridgehead atoms. The van der Waals surface area contributed by atoms with E-state index in [0.29, 0.717) is 5.56 Å².